The molecule has 1 N–H and O–H groups in total. The Bertz CT molecular complexity index is 457. The van der Waals surface area contributed by atoms with Gasteiger partial charge in [0.25, 0.3) is 0 Å². The molecule has 19 heavy (non-hydrogen) atoms. The van der Waals surface area contributed by atoms with Gasteiger partial charge in [-0.15, -0.1) is 0 Å². The first-order valence-electron chi connectivity index (χ1n) is 8.09. The second-order valence-electron chi connectivity index (χ2n) is 7.62. The zero-order chi connectivity index (χ0) is 12.4. The fourth-order valence-electron chi connectivity index (χ4n) is 5.88. The normalized spacial score (nSPS) is 43.5. The summed E-state index contributed by atoms with van der Waals surface area (Å²) in [4.78, 5) is 0. The third-order valence-electron chi connectivity index (χ3n) is 6.25. The lowest BCUT2D eigenvalue weighted by molar-refractivity contribution is -0.00747. The summed E-state index contributed by atoms with van der Waals surface area (Å²) in [7, 11) is 0. The summed E-state index contributed by atoms with van der Waals surface area (Å²) in [5.41, 5.74) is 3.33. The molecule has 1 aromatic heterocycles. The minimum atomic E-state index is 0.471. The molecule has 3 nitrogen and oxygen atoms in total. The summed E-state index contributed by atoms with van der Waals surface area (Å²) in [6.45, 7) is 3.15. The number of rotatable bonds is 1. The molecule has 0 spiro atoms. The van der Waals surface area contributed by atoms with Crippen LogP contribution < -0.4 is 5.32 Å². The number of nitrogens with zero attached hydrogens (tertiary/aromatic N) is 2. The fraction of sp³-hybridized carbons (Fsp3) is 0.812. The molecule has 0 saturated heterocycles. The number of hydrogen-bond donors (Lipinski definition) is 1. The standard InChI is InChI=1S/C16H23N3/c1-2-19-14(10-17-1)6-15(18-19)16-7-11-3-12(8-16)5-13(4-11)9-16/h6,11-13,17H,1-5,7-10H2. The van der Waals surface area contributed by atoms with E-state index in [2.05, 4.69) is 16.1 Å². The minimum absolute atomic E-state index is 0.471. The maximum Gasteiger partial charge on any atom is 0.0690 e. The molecule has 3 heteroatoms. The first kappa shape index (κ1) is 10.9. The zero-order valence-corrected chi connectivity index (χ0v) is 11.6. The van der Waals surface area contributed by atoms with Gasteiger partial charge in [0, 0.05) is 18.5 Å². The van der Waals surface area contributed by atoms with Crippen LogP contribution in [0.25, 0.3) is 0 Å². The minimum Gasteiger partial charge on any atom is -0.309 e. The Kier molecular flexibility index (Phi) is 2.08. The van der Waals surface area contributed by atoms with Crippen molar-refractivity contribution < 1.29 is 0 Å². The lowest BCUT2D eigenvalue weighted by Gasteiger charge is -2.56. The van der Waals surface area contributed by atoms with E-state index in [9.17, 15) is 0 Å². The van der Waals surface area contributed by atoms with Gasteiger partial charge in [-0.1, -0.05) is 0 Å². The van der Waals surface area contributed by atoms with Crippen LogP contribution in [0.2, 0.25) is 0 Å². The summed E-state index contributed by atoms with van der Waals surface area (Å²) >= 11 is 0. The highest BCUT2D eigenvalue weighted by molar-refractivity contribution is 5.25. The molecule has 2 heterocycles. The summed E-state index contributed by atoms with van der Waals surface area (Å²) in [6.07, 6.45) is 8.87. The van der Waals surface area contributed by atoms with Gasteiger partial charge in [0.05, 0.1) is 17.9 Å². The monoisotopic (exact) mass is 257 g/mol. The molecule has 102 valence electrons. The van der Waals surface area contributed by atoms with Crippen LogP contribution >= 0.6 is 0 Å². The van der Waals surface area contributed by atoms with E-state index >= 15 is 0 Å². The van der Waals surface area contributed by atoms with Crippen LogP contribution in [-0.2, 0) is 18.5 Å². The van der Waals surface area contributed by atoms with Crippen molar-refractivity contribution in [3.05, 3.63) is 17.5 Å². The molecule has 4 bridgehead atoms. The predicted molar refractivity (Wildman–Crippen MR) is 73.8 cm³/mol. The Morgan fingerprint density at radius 3 is 2.42 bits per heavy atom. The highest BCUT2D eigenvalue weighted by Gasteiger charge is 2.52. The molecule has 1 aromatic rings. The molecule has 0 atom stereocenters. The van der Waals surface area contributed by atoms with Crippen molar-refractivity contribution in [2.45, 2.75) is 57.0 Å². The predicted octanol–water partition coefficient (Wildman–Crippen LogP) is 2.45. The van der Waals surface area contributed by atoms with Gasteiger partial charge in [0.2, 0.25) is 0 Å². The topological polar surface area (TPSA) is 29.9 Å². The first-order chi connectivity index (χ1) is 9.31. The number of aromatic nitrogens is 2. The Morgan fingerprint density at radius 1 is 1.11 bits per heavy atom. The summed E-state index contributed by atoms with van der Waals surface area (Å²) in [6, 6.07) is 2.43. The van der Waals surface area contributed by atoms with E-state index in [1.807, 2.05) is 0 Å². The van der Waals surface area contributed by atoms with Crippen LogP contribution in [0.4, 0.5) is 0 Å². The number of fused-ring (bicyclic) bond motifs is 1. The Morgan fingerprint density at radius 2 is 1.79 bits per heavy atom. The molecule has 6 rings (SSSR count). The summed E-state index contributed by atoms with van der Waals surface area (Å²) in [5.74, 6) is 3.05. The Labute approximate surface area is 114 Å². The average Bonchev–Trinajstić information content (AvgIpc) is 2.81. The quantitative estimate of drug-likeness (QED) is 0.837. The van der Waals surface area contributed by atoms with Gasteiger partial charge in [-0.3, -0.25) is 4.68 Å². The number of hydrogen-bond acceptors (Lipinski definition) is 2. The van der Waals surface area contributed by atoms with Crippen LogP contribution in [0.1, 0.15) is 49.9 Å². The molecule has 0 aromatic carbocycles. The van der Waals surface area contributed by atoms with Gasteiger partial charge in [0.15, 0.2) is 0 Å². The summed E-state index contributed by atoms with van der Waals surface area (Å²) < 4.78 is 2.27. The average molecular weight is 257 g/mol. The van der Waals surface area contributed by atoms with Crippen molar-refractivity contribution in [1.29, 1.82) is 0 Å². The van der Waals surface area contributed by atoms with Gasteiger partial charge >= 0.3 is 0 Å². The zero-order valence-electron chi connectivity index (χ0n) is 11.6. The van der Waals surface area contributed by atoms with Crippen molar-refractivity contribution >= 4 is 0 Å². The molecule has 4 saturated carbocycles. The second-order valence-corrected chi connectivity index (χ2v) is 7.62. The fourth-order valence-corrected chi connectivity index (χ4v) is 5.88. The Balaban J connectivity index is 1.56. The van der Waals surface area contributed by atoms with Crippen LogP contribution in [0.5, 0.6) is 0 Å². The van der Waals surface area contributed by atoms with Crippen molar-refractivity contribution in [3.63, 3.8) is 0 Å². The van der Waals surface area contributed by atoms with Crippen molar-refractivity contribution in [2.24, 2.45) is 17.8 Å². The van der Waals surface area contributed by atoms with E-state index < -0.39 is 0 Å². The molecule has 0 unspecified atom stereocenters. The summed E-state index contributed by atoms with van der Waals surface area (Å²) in [5, 5.41) is 8.48. The van der Waals surface area contributed by atoms with Crippen molar-refractivity contribution in [1.82, 2.24) is 15.1 Å². The van der Waals surface area contributed by atoms with Crippen LogP contribution in [0.3, 0.4) is 0 Å². The largest absolute Gasteiger partial charge is 0.309 e. The molecule has 1 aliphatic heterocycles. The SMILES string of the molecule is c1c(C23CC4CC(CC(C4)C2)C3)nn2c1CNCC2. The van der Waals surface area contributed by atoms with E-state index in [4.69, 9.17) is 5.10 Å². The maximum atomic E-state index is 5.02. The van der Waals surface area contributed by atoms with Gasteiger partial charge < -0.3 is 5.32 Å². The van der Waals surface area contributed by atoms with E-state index in [0.29, 0.717) is 5.41 Å². The lowest BCUT2D eigenvalue weighted by Crippen LogP contribution is -2.48. The molecule has 4 aliphatic carbocycles. The van der Waals surface area contributed by atoms with Crippen LogP contribution in [0.15, 0.2) is 6.07 Å². The van der Waals surface area contributed by atoms with Crippen LogP contribution in [0, 0.1) is 17.8 Å². The smallest absolute Gasteiger partial charge is 0.0690 e. The Hall–Kier alpha value is -0.830. The van der Waals surface area contributed by atoms with Gasteiger partial charge in [-0.25, -0.2) is 0 Å². The molecular weight excluding hydrogens is 234 g/mol. The van der Waals surface area contributed by atoms with Crippen LogP contribution in [-0.4, -0.2) is 16.3 Å². The second kappa shape index (κ2) is 3.63. The van der Waals surface area contributed by atoms with Crippen molar-refractivity contribution in [3.8, 4) is 0 Å². The molecular formula is C16H23N3. The van der Waals surface area contributed by atoms with E-state index in [1.165, 1.54) is 49.9 Å². The van der Waals surface area contributed by atoms with Crippen molar-refractivity contribution in [2.75, 3.05) is 6.54 Å². The van der Waals surface area contributed by atoms with Gasteiger partial charge in [0.1, 0.15) is 0 Å². The van der Waals surface area contributed by atoms with E-state index in [0.717, 1.165) is 37.4 Å². The maximum absolute atomic E-state index is 5.02. The third kappa shape index (κ3) is 1.51. The highest BCUT2D eigenvalue weighted by atomic mass is 15.3. The van der Waals surface area contributed by atoms with E-state index in [1.54, 1.807) is 0 Å². The van der Waals surface area contributed by atoms with Gasteiger partial charge in [-0.2, -0.15) is 5.10 Å². The molecule has 5 aliphatic rings. The third-order valence-corrected chi connectivity index (χ3v) is 6.25. The van der Waals surface area contributed by atoms with E-state index in [-0.39, 0.29) is 0 Å². The molecule has 0 amide bonds. The molecule has 0 radical (unpaired) electrons. The molecule has 4 fully saturated rings. The lowest BCUT2D eigenvalue weighted by atomic mass is 9.49. The highest BCUT2D eigenvalue weighted by Crippen LogP contribution is 2.60. The van der Waals surface area contributed by atoms with Gasteiger partial charge in [-0.05, 0) is 62.3 Å². The first-order valence-corrected chi connectivity index (χ1v) is 8.09. The number of nitrogens with one attached hydrogen (secondary N) is 1.